The predicted octanol–water partition coefficient (Wildman–Crippen LogP) is 4.54. The first-order valence-electron chi connectivity index (χ1n) is 8.16. The second kappa shape index (κ2) is 8.33. The number of carbonyl (C=O) groups excluding carboxylic acids is 1. The summed E-state index contributed by atoms with van der Waals surface area (Å²) in [5, 5.41) is 14.2. The topological polar surface area (TPSA) is 59.8 Å². The number of nitrogens with one attached hydrogen (secondary N) is 1. The number of anilines is 1. The summed E-state index contributed by atoms with van der Waals surface area (Å²) in [4.78, 5) is 13.4. The molecule has 0 radical (unpaired) electrons. The van der Waals surface area contributed by atoms with Gasteiger partial charge in [-0.1, -0.05) is 36.0 Å². The fourth-order valence-corrected chi connectivity index (χ4v) is 3.93. The number of benzene rings is 1. The van der Waals surface area contributed by atoms with Crippen LogP contribution in [0.2, 0.25) is 0 Å². The van der Waals surface area contributed by atoms with Gasteiger partial charge in [-0.15, -0.1) is 28.1 Å². The van der Waals surface area contributed by atoms with E-state index < -0.39 is 0 Å². The van der Waals surface area contributed by atoms with Gasteiger partial charge >= 0.3 is 0 Å². The third-order valence-corrected chi connectivity index (χ3v) is 5.60. The van der Waals surface area contributed by atoms with Crippen LogP contribution in [0.15, 0.2) is 53.5 Å². The predicted molar refractivity (Wildman–Crippen MR) is 109 cm³/mol. The Balaban J connectivity index is 1.70. The highest BCUT2D eigenvalue weighted by Gasteiger charge is 2.15. The van der Waals surface area contributed by atoms with E-state index in [0.717, 1.165) is 27.5 Å². The first kappa shape index (κ1) is 18.4. The summed E-state index contributed by atoms with van der Waals surface area (Å²) < 4.78 is 1.98. The molecule has 0 fully saturated rings. The summed E-state index contributed by atoms with van der Waals surface area (Å²) in [6.07, 6.45) is 1.81. The van der Waals surface area contributed by atoms with E-state index in [4.69, 9.17) is 0 Å². The summed E-state index contributed by atoms with van der Waals surface area (Å²) in [5.74, 6) is 1.01. The van der Waals surface area contributed by atoms with Gasteiger partial charge in [0.05, 0.1) is 10.6 Å². The molecule has 0 saturated heterocycles. The van der Waals surface area contributed by atoms with E-state index in [1.54, 1.807) is 17.4 Å². The molecule has 2 heterocycles. The highest BCUT2D eigenvalue weighted by atomic mass is 32.2. The number of thiophene rings is 1. The Bertz CT molecular complexity index is 916. The lowest BCUT2D eigenvalue weighted by Gasteiger charge is -2.10. The Morgan fingerprint density at radius 1 is 1.35 bits per heavy atom. The van der Waals surface area contributed by atoms with E-state index in [-0.39, 0.29) is 11.7 Å². The maximum Gasteiger partial charge on any atom is 0.234 e. The van der Waals surface area contributed by atoms with Crippen LogP contribution in [-0.2, 0) is 11.3 Å². The van der Waals surface area contributed by atoms with Crippen molar-refractivity contribution in [2.45, 2.75) is 25.5 Å². The van der Waals surface area contributed by atoms with Gasteiger partial charge in [0.2, 0.25) is 5.91 Å². The molecule has 0 aliphatic rings. The molecule has 0 saturated carbocycles. The highest BCUT2D eigenvalue weighted by molar-refractivity contribution is 7.99. The van der Waals surface area contributed by atoms with E-state index >= 15 is 0 Å². The molecule has 0 unspecified atom stereocenters. The van der Waals surface area contributed by atoms with Crippen LogP contribution >= 0.6 is 23.1 Å². The number of aromatic nitrogens is 3. The number of nitrogens with zero attached hydrogens (tertiary/aromatic N) is 3. The minimum atomic E-state index is -0.0606. The van der Waals surface area contributed by atoms with Gasteiger partial charge in [0, 0.05) is 12.2 Å². The van der Waals surface area contributed by atoms with Crippen LogP contribution < -0.4 is 5.32 Å². The van der Waals surface area contributed by atoms with Crippen LogP contribution in [0.25, 0.3) is 10.7 Å². The maximum absolute atomic E-state index is 12.3. The Labute approximate surface area is 161 Å². The van der Waals surface area contributed by atoms with Gasteiger partial charge < -0.3 is 5.32 Å². The van der Waals surface area contributed by atoms with Crippen molar-refractivity contribution in [1.29, 1.82) is 0 Å². The molecule has 0 bridgehead atoms. The SMILES string of the molecule is C=CCn1c(SCC(=O)Nc2cc(C)ccc2C)nnc1-c1cccs1. The number of rotatable bonds is 7. The van der Waals surface area contributed by atoms with Crippen LogP contribution in [0.3, 0.4) is 0 Å². The zero-order valence-electron chi connectivity index (χ0n) is 14.7. The number of hydrogen-bond donors (Lipinski definition) is 1. The Hall–Kier alpha value is -2.38. The molecule has 0 atom stereocenters. The van der Waals surface area contributed by atoms with Crippen LogP contribution in [0.4, 0.5) is 5.69 Å². The van der Waals surface area contributed by atoms with Gasteiger partial charge in [-0.3, -0.25) is 9.36 Å². The number of hydrogen-bond acceptors (Lipinski definition) is 5. The molecular weight excluding hydrogens is 364 g/mol. The van der Waals surface area contributed by atoms with E-state index in [9.17, 15) is 4.79 Å². The van der Waals surface area contributed by atoms with E-state index in [2.05, 4.69) is 22.1 Å². The van der Waals surface area contributed by atoms with Crippen LogP contribution in [-0.4, -0.2) is 26.4 Å². The van der Waals surface area contributed by atoms with E-state index in [1.165, 1.54) is 11.8 Å². The van der Waals surface area contributed by atoms with Gasteiger partial charge in [-0.05, 0) is 42.5 Å². The summed E-state index contributed by atoms with van der Waals surface area (Å²) in [7, 11) is 0. The molecule has 3 rings (SSSR count). The van der Waals surface area contributed by atoms with E-state index in [1.807, 2.05) is 54.1 Å². The molecule has 5 nitrogen and oxygen atoms in total. The maximum atomic E-state index is 12.3. The number of amides is 1. The lowest BCUT2D eigenvalue weighted by atomic mass is 10.1. The van der Waals surface area contributed by atoms with Gasteiger partial charge in [-0.25, -0.2) is 0 Å². The molecule has 0 spiro atoms. The molecular formula is C19H20N4OS2. The van der Waals surface area contributed by atoms with Crippen molar-refractivity contribution < 1.29 is 4.79 Å². The largest absolute Gasteiger partial charge is 0.325 e. The minimum Gasteiger partial charge on any atom is -0.325 e. The summed E-state index contributed by atoms with van der Waals surface area (Å²) in [6, 6.07) is 10.0. The number of carbonyl (C=O) groups is 1. The lowest BCUT2D eigenvalue weighted by Crippen LogP contribution is -2.15. The average Bonchev–Trinajstić information content (AvgIpc) is 3.26. The van der Waals surface area contributed by atoms with Crippen LogP contribution in [0, 0.1) is 13.8 Å². The van der Waals surface area contributed by atoms with Crippen molar-refractivity contribution in [3.8, 4) is 10.7 Å². The Morgan fingerprint density at radius 3 is 2.92 bits per heavy atom. The lowest BCUT2D eigenvalue weighted by molar-refractivity contribution is -0.113. The molecule has 26 heavy (non-hydrogen) atoms. The third-order valence-electron chi connectivity index (χ3n) is 3.77. The van der Waals surface area contributed by atoms with Gasteiger partial charge in [0.1, 0.15) is 0 Å². The summed E-state index contributed by atoms with van der Waals surface area (Å²) >= 11 is 2.99. The fourth-order valence-electron chi connectivity index (χ4n) is 2.46. The van der Waals surface area contributed by atoms with Crippen LogP contribution in [0.5, 0.6) is 0 Å². The molecule has 3 aromatic rings. The quantitative estimate of drug-likeness (QED) is 0.480. The highest BCUT2D eigenvalue weighted by Crippen LogP contribution is 2.27. The van der Waals surface area contributed by atoms with Crippen molar-refractivity contribution in [1.82, 2.24) is 14.8 Å². The average molecular weight is 385 g/mol. The van der Waals surface area contributed by atoms with Crippen molar-refractivity contribution in [3.05, 3.63) is 59.5 Å². The molecule has 1 aromatic carbocycles. The molecule has 0 aliphatic heterocycles. The Morgan fingerprint density at radius 2 is 2.19 bits per heavy atom. The van der Waals surface area contributed by atoms with Crippen molar-refractivity contribution in [3.63, 3.8) is 0 Å². The molecule has 1 N–H and O–H groups in total. The smallest absolute Gasteiger partial charge is 0.234 e. The van der Waals surface area contributed by atoms with Crippen molar-refractivity contribution in [2.75, 3.05) is 11.1 Å². The number of allylic oxidation sites excluding steroid dienone is 1. The second-order valence-corrected chi connectivity index (χ2v) is 7.73. The minimum absolute atomic E-state index is 0.0606. The normalized spacial score (nSPS) is 10.7. The standard InChI is InChI=1S/C19H20N4OS2/c1-4-9-23-18(16-6-5-10-25-16)21-22-19(23)26-12-17(24)20-15-11-13(2)7-8-14(15)3/h4-8,10-11H,1,9,12H2,2-3H3,(H,20,24). The summed E-state index contributed by atoms with van der Waals surface area (Å²) in [5.41, 5.74) is 3.01. The van der Waals surface area contributed by atoms with Gasteiger partial charge in [-0.2, -0.15) is 0 Å². The van der Waals surface area contributed by atoms with Crippen LogP contribution in [0.1, 0.15) is 11.1 Å². The number of aryl methyl sites for hydroxylation is 2. The third kappa shape index (κ3) is 4.23. The zero-order chi connectivity index (χ0) is 18.5. The first-order valence-corrected chi connectivity index (χ1v) is 10.0. The van der Waals surface area contributed by atoms with Gasteiger partial charge in [0.15, 0.2) is 11.0 Å². The molecule has 134 valence electrons. The fraction of sp³-hybridized carbons (Fsp3) is 0.211. The van der Waals surface area contributed by atoms with E-state index in [0.29, 0.717) is 11.7 Å². The molecule has 7 heteroatoms. The molecule has 0 aliphatic carbocycles. The second-order valence-electron chi connectivity index (χ2n) is 5.84. The van der Waals surface area contributed by atoms with Crippen molar-refractivity contribution >= 4 is 34.7 Å². The molecule has 1 amide bonds. The first-order chi connectivity index (χ1) is 12.6. The number of thioether (sulfide) groups is 1. The monoisotopic (exact) mass is 384 g/mol. The zero-order valence-corrected chi connectivity index (χ0v) is 16.4. The van der Waals surface area contributed by atoms with Gasteiger partial charge in [0.25, 0.3) is 0 Å². The van der Waals surface area contributed by atoms with Crippen molar-refractivity contribution in [2.24, 2.45) is 0 Å². The Kier molecular flexibility index (Phi) is 5.90. The molecule has 2 aromatic heterocycles. The summed E-state index contributed by atoms with van der Waals surface area (Å²) in [6.45, 7) is 8.39.